The van der Waals surface area contributed by atoms with Gasteiger partial charge in [-0.15, -0.1) is 0 Å². The first-order chi connectivity index (χ1) is 15.4. The predicted molar refractivity (Wildman–Crippen MR) is 128 cm³/mol. The maximum Gasteiger partial charge on any atom is 0.122 e. The number of anilines is 1. The lowest BCUT2D eigenvalue weighted by Crippen LogP contribution is -2.55. The Labute approximate surface area is 192 Å². The standard InChI is InChI=1S/C15H23NO2.C11H15N3/c1-15(2,17)11-18-14-6-4-3-5-13(14)12-7-9-16-10-8-12;1-2-4-11(3-1)7-14(8-11)10-5-12-9-13-6-10/h3-6,12,16-17H,7-11H2,1-2H3;5-6,9H,1-4,7-8H2. The number of hydrogen-bond acceptors (Lipinski definition) is 6. The van der Waals surface area contributed by atoms with E-state index in [0.717, 1.165) is 31.7 Å². The van der Waals surface area contributed by atoms with Crippen molar-refractivity contribution in [1.29, 1.82) is 0 Å². The molecule has 0 bridgehead atoms. The summed E-state index contributed by atoms with van der Waals surface area (Å²) in [5, 5.41) is 13.1. The molecular weight excluding hydrogens is 400 g/mol. The quantitative estimate of drug-likeness (QED) is 0.730. The Morgan fingerprint density at radius 3 is 2.41 bits per heavy atom. The van der Waals surface area contributed by atoms with Gasteiger partial charge in [0.05, 0.1) is 23.7 Å². The first-order valence-corrected chi connectivity index (χ1v) is 12.1. The average Bonchev–Trinajstić information content (AvgIpc) is 3.29. The molecule has 1 aromatic heterocycles. The largest absolute Gasteiger partial charge is 0.490 e. The molecule has 0 atom stereocenters. The average molecular weight is 439 g/mol. The third kappa shape index (κ3) is 5.99. The second-order valence-electron chi connectivity index (χ2n) is 10.3. The summed E-state index contributed by atoms with van der Waals surface area (Å²) in [6, 6.07) is 8.21. The van der Waals surface area contributed by atoms with Crippen LogP contribution >= 0.6 is 0 Å². The lowest BCUT2D eigenvalue weighted by molar-refractivity contribution is 0.0280. The van der Waals surface area contributed by atoms with Crippen molar-refractivity contribution >= 4 is 5.69 Å². The molecule has 1 aliphatic carbocycles. The van der Waals surface area contributed by atoms with Gasteiger partial charge >= 0.3 is 0 Å². The minimum Gasteiger partial charge on any atom is -0.490 e. The van der Waals surface area contributed by atoms with Gasteiger partial charge in [-0.25, -0.2) is 9.97 Å². The predicted octanol–water partition coefficient (Wildman–Crippen LogP) is 4.16. The van der Waals surface area contributed by atoms with Gasteiger partial charge in [-0.3, -0.25) is 0 Å². The third-order valence-corrected chi connectivity index (χ3v) is 6.91. The van der Waals surface area contributed by atoms with Gasteiger partial charge in [0.15, 0.2) is 0 Å². The topological polar surface area (TPSA) is 70.5 Å². The molecule has 174 valence electrons. The van der Waals surface area contributed by atoms with E-state index in [0.29, 0.717) is 17.9 Å². The molecule has 2 aliphatic heterocycles. The van der Waals surface area contributed by atoms with Crippen molar-refractivity contribution < 1.29 is 9.84 Å². The zero-order chi connectivity index (χ0) is 22.4. The van der Waals surface area contributed by atoms with Crippen molar-refractivity contribution in [3.63, 3.8) is 0 Å². The number of hydrogen-bond donors (Lipinski definition) is 2. The second-order valence-corrected chi connectivity index (χ2v) is 10.3. The number of aliphatic hydroxyl groups is 1. The number of nitrogens with one attached hydrogen (secondary N) is 1. The molecule has 5 rings (SSSR count). The summed E-state index contributed by atoms with van der Waals surface area (Å²) in [6.45, 7) is 8.45. The number of piperidine rings is 1. The monoisotopic (exact) mass is 438 g/mol. The number of para-hydroxylation sites is 1. The van der Waals surface area contributed by atoms with Gasteiger partial charge in [-0.05, 0) is 70.2 Å². The summed E-state index contributed by atoms with van der Waals surface area (Å²) in [7, 11) is 0. The van der Waals surface area contributed by atoms with E-state index in [1.54, 1.807) is 20.2 Å². The van der Waals surface area contributed by atoms with E-state index in [-0.39, 0.29) is 0 Å². The summed E-state index contributed by atoms with van der Waals surface area (Å²) in [5.41, 5.74) is 2.34. The second kappa shape index (κ2) is 10.2. The highest BCUT2D eigenvalue weighted by molar-refractivity contribution is 5.46. The van der Waals surface area contributed by atoms with Crippen LogP contribution in [0.2, 0.25) is 0 Å². The minimum atomic E-state index is -0.790. The fourth-order valence-electron chi connectivity index (χ4n) is 5.18. The van der Waals surface area contributed by atoms with Crippen LogP contribution in [0.25, 0.3) is 0 Å². The van der Waals surface area contributed by atoms with E-state index in [4.69, 9.17) is 4.74 Å². The summed E-state index contributed by atoms with van der Waals surface area (Å²) >= 11 is 0. The van der Waals surface area contributed by atoms with Gasteiger partial charge in [0.2, 0.25) is 0 Å². The maximum absolute atomic E-state index is 9.75. The number of rotatable bonds is 5. The van der Waals surface area contributed by atoms with Gasteiger partial charge in [0, 0.05) is 18.5 Å². The van der Waals surface area contributed by atoms with Crippen molar-refractivity contribution in [2.45, 2.75) is 63.9 Å². The smallest absolute Gasteiger partial charge is 0.122 e. The summed E-state index contributed by atoms with van der Waals surface area (Å²) in [5.74, 6) is 1.50. The van der Waals surface area contributed by atoms with E-state index >= 15 is 0 Å². The van der Waals surface area contributed by atoms with E-state index in [9.17, 15) is 5.11 Å². The zero-order valence-electron chi connectivity index (χ0n) is 19.6. The first kappa shape index (κ1) is 23.0. The molecule has 3 aliphatic rings. The zero-order valence-corrected chi connectivity index (χ0v) is 19.6. The molecule has 2 saturated heterocycles. The van der Waals surface area contributed by atoms with E-state index in [1.165, 1.54) is 50.0 Å². The fourth-order valence-corrected chi connectivity index (χ4v) is 5.18. The molecule has 0 unspecified atom stereocenters. The van der Waals surface area contributed by atoms with Crippen molar-refractivity contribution in [3.8, 4) is 5.75 Å². The molecule has 2 aromatic rings. The van der Waals surface area contributed by atoms with Crippen LogP contribution in [0.15, 0.2) is 43.0 Å². The maximum atomic E-state index is 9.75. The van der Waals surface area contributed by atoms with Gasteiger partial charge in [0.25, 0.3) is 0 Å². The molecule has 2 N–H and O–H groups in total. The third-order valence-electron chi connectivity index (χ3n) is 6.91. The van der Waals surface area contributed by atoms with Crippen LogP contribution < -0.4 is 15.0 Å². The molecule has 0 amide bonds. The molecular formula is C26H38N4O2. The Bertz CT molecular complexity index is 832. The van der Waals surface area contributed by atoms with Crippen LogP contribution in [-0.2, 0) is 0 Å². The molecule has 3 heterocycles. The van der Waals surface area contributed by atoms with Crippen LogP contribution in [0.1, 0.15) is 63.9 Å². The van der Waals surface area contributed by atoms with E-state index in [2.05, 4.69) is 32.3 Å². The van der Waals surface area contributed by atoms with E-state index < -0.39 is 5.60 Å². The molecule has 3 fully saturated rings. The fraction of sp³-hybridized carbons (Fsp3) is 0.615. The molecule has 6 heteroatoms. The molecule has 0 radical (unpaired) electrons. The Balaban J connectivity index is 0.000000157. The number of aromatic nitrogens is 2. The van der Waals surface area contributed by atoms with Crippen LogP contribution in [0, 0.1) is 5.41 Å². The highest BCUT2D eigenvalue weighted by Crippen LogP contribution is 2.46. The Morgan fingerprint density at radius 2 is 1.75 bits per heavy atom. The van der Waals surface area contributed by atoms with Crippen molar-refractivity contribution in [1.82, 2.24) is 15.3 Å². The van der Waals surface area contributed by atoms with Gasteiger partial charge in [0.1, 0.15) is 18.7 Å². The lowest BCUT2D eigenvalue weighted by Gasteiger charge is -2.49. The van der Waals surface area contributed by atoms with Crippen molar-refractivity contribution in [2.24, 2.45) is 5.41 Å². The molecule has 1 aromatic carbocycles. The van der Waals surface area contributed by atoms with Crippen molar-refractivity contribution in [2.75, 3.05) is 37.7 Å². The van der Waals surface area contributed by atoms with Crippen LogP contribution in [0.3, 0.4) is 0 Å². The van der Waals surface area contributed by atoms with Crippen molar-refractivity contribution in [3.05, 3.63) is 48.5 Å². The first-order valence-electron chi connectivity index (χ1n) is 12.1. The minimum absolute atomic E-state index is 0.328. The Hall–Kier alpha value is -2.18. The van der Waals surface area contributed by atoms with Gasteiger partial charge in [-0.1, -0.05) is 31.0 Å². The van der Waals surface area contributed by atoms with Crippen LogP contribution in [0.5, 0.6) is 5.75 Å². The molecule has 1 spiro atoms. The molecule has 6 nitrogen and oxygen atoms in total. The summed E-state index contributed by atoms with van der Waals surface area (Å²) in [4.78, 5) is 10.5. The summed E-state index contributed by atoms with van der Waals surface area (Å²) in [6.07, 6.45) is 13.4. The van der Waals surface area contributed by atoms with Crippen LogP contribution in [-0.4, -0.2) is 53.5 Å². The van der Waals surface area contributed by atoms with Gasteiger partial charge in [-0.2, -0.15) is 0 Å². The summed E-state index contributed by atoms with van der Waals surface area (Å²) < 4.78 is 5.78. The Morgan fingerprint density at radius 1 is 1.09 bits per heavy atom. The van der Waals surface area contributed by atoms with Crippen LogP contribution in [0.4, 0.5) is 5.69 Å². The van der Waals surface area contributed by atoms with Gasteiger partial charge < -0.3 is 20.1 Å². The number of ether oxygens (including phenoxy) is 1. The Kier molecular flexibility index (Phi) is 7.31. The highest BCUT2D eigenvalue weighted by Gasteiger charge is 2.44. The SMILES string of the molecule is CC(C)(O)COc1ccccc1C1CCNCC1.c1ncc(N2CC3(CCCC3)C2)cn1. The normalized spacial score (nSPS) is 20.4. The molecule has 32 heavy (non-hydrogen) atoms. The molecule has 1 saturated carbocycles. The lowest BCUT2D eigenvalue weighted by atomic mass is 9.78. The highest BCUT2D eigenvalue weighted by atomic mass is 16.5. The van der Waals surface area contributed by atoms with E-state index in [1.807, 2.05) is 24.5 Å². The number of benzene rings is 1. The number of nitrogens with zero attached hydrogens (tertiary/aromatic N) is 3.